The van der Waals surface area contributed by atoms with Crippen molar-refractivity contribution in [2.75, 3.05) is 0 Å². The zero-order valence-corrected chi connectivity index (χ0v) is 34.9. The van der Waals surface area contributed by atoms with E-state index in [0.29, 0.717) is 0 Å². The molecular formula is C47H48O2SSi2. The first kappa shape index (κ1) is 34.8. The maximum atomic E-state index is 7.03. The molecule has 6 aromatic carbocycles. The van der Waals surface area contributed by atoms with Crippen LogP contribution in [0.1, 0.15) is 47.2 Å². The molecule has 5 heteroatoms. The van der Waals surface area contributed by atoms with Gasteiger partial charge >= 0.3 is 0 Å². The van der Waals surface area contributed by atoms with Crippen molar-refractivity contribution in [1.82, 2.24) is 0 Å². The molecule has 6 aromatic rings. The SMILES string of the molecule is Cc1ccc(-c2ccc(C)c(-c3cccc4c3S[Si](C)(C)c3ccccc3O[Si]4(C)C)c2C)c(C)c1-c1cccc2c1Oc1ccccc1C2(C)C. The second-order valence-electron chi connectivity index (χ2n) is 16.2. The van der Waals surface area contributed by atoms with Crippen molar-refractivity contribution in [3.05, 3.63) is 143 Å². The number of para-hydroxylation sites is 3. The minimum absolute atomic E-state index is 0.172. The molecule has 0 spiro atoms. The van der Waals surface area contributed by atoms with Crippen molar-refractivity contribution >= 4 is 37.1 Å². The van der Waals surface area contributed by atoms with Gasteiger partial charge in [0.25, 0.3) is 8.32 Å². The Balaban J connectivity index is 1.30. The molecule has 0 aromatic heterocycles. The molecular weight excluding hydrogens is 685 g/mol. The van der Waals surface area contributed by atoms with Crippen LogP contribution in [0.15, 0.2) is 114 Å². The van der Waals surface area contributed by atoms with Crippen LogP contribution in [0.3, 0.4) is 0 Å². The van der Waals surface area contributed by atoms with Gasteiger partial charge in [-0.05, 0) is 113 Å². The highest BCUT2D eigenvalue weighted by atomic mass is 32.4. The Bertz CT molecular complexity index is 2420. The molecule has 262 valence electrons. The summed E-state index contributed by atoms with van der Waals surface area (Å²) in [5, 5.41) is 2.78. The van der Waals surface area contributed by atoms with Crippen molar-refractivity contribution in [1.29, 1.82) is 0 Å². The maximum Gasteiger partial charge on any atom is 0.277 e. The molecule has 0 radical (unpaired) electrons. The molecule has 0 atom stereocenters. The molecule has 52 heavy (non-hydrogen) atoms. The van der Waals surface area contributed by atoms with E-state index in [1.807, 2.05) is 0 Å². The summed E-state index contributed by atoms with van der Waals surface area (Å²) in [4.78, 5) is 1.41. The van der Waals surface area contributed by atoms with Crippen molar-refractivity contribution in [3.8, 4) is 50.6 Å². The third kappa shape index (κ3) is 5.43. The van der Waals surface area contributed by atoms with Gasteiger partial charge in [0.05, 0.1) is 0 Å². The molecule has 0 fully saturated rings. The van der Waals surface area contributed by atoms with Crippen molar-refractivity contribution in [2.24, 2.45) is 0 Å². The summed E-state index contributed by atoms with van der Waals surface area (Å²) in [6, 6.07) is 40.2. The van der Waals surface area contributed by atoms with Crippen LogP contribution in [0.25, 0.3) is 33.4 Å². The molecule has 8 rings (SSSR count). The van der Waals surface area contributed by atoms with E-state index in [0.717, 1.165) is 22.8 Å². The van der Waals surface area contributed by atoms with Crippen LogP contribution in [0.5, 0.6) is 17.2 Å². The summed E-state index contributed by atoms with van der Waals surface area (Å²) in [7, 11) is -4.29. The van der Waals surface area contributed by atoms with E-state index < -0.39 is 15.5 Å². The first-order valence-electron chi connectivity index (χ1n) is 18.4. The number of ether oxygens (including phenoxy) is 1. The lowest BCUT2D eigenvalue weighted by atomic mass is 9.74. The standard InChI is InChI=1S/C47H48O2SSi2/c1-29-25-27-33(31(3)43(29)35-17-15-20-38-45(35)48-39-21-12-11-19-37(39)47(38,5)6)34-28-26-30(2)44(32(34)4)36-18-16-24-42-46(36)50-52(9,10)41-23-14-13-22-40(41)49-51(42,7)8/h11-28H,1-10H3. The Labute approximate surface area is 316 Å². The first-order valence-corrected chi connectivity index (χ1v) is 25.9. The molecule has 2 aliphatic rings. The van der Waals surface area contributed by atoms with Gasteiger partial charge in [0, 0.05) is 27.0 Å². The second kappa shape index (κ2) is 12.4. The van der Waals surface area contributed by atoms with Crippen molar-refractivity contribution in [2.45, 2.75) is 78.0 Å². The van der Waals surface area contributed by atoms with Crippen LogP contribution in [0, 0.1) is 27.7 Å². The van der Waals surface area contributed by atoms with Gasteiger partial charge in [0.2, 0.25) is 0 Å². The maximum absolute atomic E-state index is 7.03. The molecule has 0 N–H and O–H groups in total. The van der Waals surface area contributed by atoms with E-state index >= 15 is 0 Å². The molecule has 2 nitrogen and oxygen atoms in total. The predicted molar refractivity (Wildman–Crippen MR) is 228 cm³/mol. The van der Waals surface area contributed by atoms with E-state index in [4.69, 9.17) is 9.16 Å². The molecule has 0 bridgehead atoms. The molecule has 2 aliphatic heterocycles. The van der Waals surface area contributed by atoms with Crippen LogP contribution in [-0.4, -0.2) is 15.5 Å². The third-order valence-corrected chi connectivity index (χ3v) is 19.9. The highest BCUT2D eigenvalue weighted by Crippen LogP contribution is 2.53. The quantitative estimate of drug-likeness (QED) is 0.169. The van der Waals surface area contributed by atoms with E-state index in [-0.39, 0.29) is 5.41 Å². The summed E-state index contributed by atoms with van der Waals surface area (Å²) in [5.74, 6) is 3.00. The van der Waals surface area contributed by atoms with Gasteiger partial charge in [-0.1, -0.05) is 124 Å². The van der Waals surface area contributed by atoms with E-state index in [1.165, 1.54) is 76.5 Å². The Hall–Kier alpha value is -4.30. The van der Waals surface area contributed by atoms with E-state index in [9.17, 15) is 0 Å². The largest absolute Gasteiger partial charge is 0.540 e. The lowest BCUT2D eigenvalue weighted by Crippen LogP contribution is -2.53. The molecule has 0 unspecified atom stereocenters. The Morgan fingerprint density at radius 3 is 1.75 bits per heavy atom. The lowest BCUT2D eigenvalue weighted by molar-refractivity contribution is 0.419. The summed E-state index contributed by atoms with van der Waals surface area (Å²) in [5.41, 5.74) is 15.0. The third-order valence-electron chi connectivity index (χ3n) is 11.6. The van der Waals surface area contributed by atoms with Gasteiger partial charge in [0.15, 0.2) is 7.22 Å². The fourth-order valence-electron chi connectivity index (χ4n) is 8.78. The minimum Gasteiger partial charge on any atom is -0.540 e. The molecule has 0 saturated carbocycles. The summed E-state index contributed by atoms with van der Waals surface area (Å²) >= 11 is 2.13. The van der Waals surface area contributed by atoms with Crippen molar-refractivity contribution < 1.29 is 9.16 Å². The van der Waals surface area contributed by atoms with Gasteiger partial charge < -0.3 is 9.16 Å². The molecule has 0 aliphatic carbocycles. The topological polar surface area (TPSA) is 18.5 Å². The van der Waals surface area contributed by atoms with E-state index in [1.54, 1.807) is 0 Å². The Kier molecular flexibility index (Phi) is 8.29. The highest BCUT2D eigenvalue weighted by molar-refractivity contribution is 8.30. The predicted octanol–water partition coefficient (Wildman–Crippen LogP) is 12.4. The zero-order valence-electron chi connectivity index (χ0n) is 32.1. The number of benzene rings is 6. The molecule has 2 heterocycles. The van der Waals surface area contributed by atoms with Crippen LogP contribution in [0.4, 0.5) is 0 Å². The fraction of sp³-hybridized carbons (Fsp3) is 0.234. The monoisotopic (exact) mass is 732 g/mol. The normalized spacial score (nSPS) is 16.2. The fourth-order valence-corrected chi connectivity index (χ4v) is 17.4. The summed E-state index contributed by atoms with van der Waals surface area (Å²) in [6.07, 6.45) is 0. The summed E-state index contributed by atoms with van der Waals surface area (Å²) < 4.78 is 13.8. The lowest BCUT2D eigenvalue weighted by Gasteiger charge is -2.36. The summed E-state index contributed by atoms with van der Waals surface area (Å²) in [6.45, 7) is 23.4. The number of hydrogen-bond donors (Lipinski definition) is 0. The van der Waals surface area contributed by atoms with Gasteiger partial charge in [0.1, 0.15) is 17.2 Å². The number of hydrogen-bond acceptors (Lipinski definition) is 3. The smallest absolute Gasteiger partial charge is 0.277 e. The van der Waals surface area contributed by atoms with Crippen LogP contribution < -0.4 is 19.5 Å². The minimum atomic E-state index is -2.30. The number of rotatable bonds is 3. The van der Waals surface area contributed by atoms with Gasteiger partial charge in [-0.2, -0.15) is 0 Å². The highest BCUT2D eigenvalue weighted by Gasteiger charge is 2.40. The second-order valence-corrected chi connectivity index (χ2v) is 27.8. The molecule has 0 amide bonds. The van der Waals surface area contributed by atoms with Crippen LogP contribution >= 0.6 is 11.2 Å². The Morgan fingerprint density at radius 2 is 1.06 bits per heavy atom. The Morgan fingerprint density at radius 1 is 0.519 bits per heavy atom. The van der Waals surface area contributed by atoms with Crippen molar-refractivity contribution in [3.63, 3.8) is 0 Å². The zero-order chi connectivity index (χ0) is 36.7. The first-order chi connectivity index (χ1) is 24.7. The average molecular weight is 733 g/mol. The van der Waals surface area contributed by atoms with Crippen LogP contribution in [-0.2, 0) is 5.41 Å². The molecule has 0 saturated heterocycles. The number of aryl methyl sites for hydroxylation is 2. The van der Waals surface area contributed by atoms with E-state index in [2.05, 4.69) is 188 Å². The van der Waals surface area contributed by atoms with Gasteiger partial charge in [-0.25, -0.2) is 0 Å². The van der Waals surface area contributed by atoms with Gasteiger partial charge in [-0.3, -0.25) is 0 Å². The average Bonchev–Trinajstić information content (AvgIpc) is 3.09. The van der Waals surface area contributed by atoms with Crippen LogP contribution in [0.2, 0.25) is 26.2 Å². The number of fused-ring (bicyclic) bond motifs is 4. The van der Waals surface area contributed by atoms with Gasteiger partial charge in [-0.15, -0.1) is 11.2 Å².